The zero-order valence-corrected chi connectivity index (χ0v) is 13.8. The van der Waals surface area contributed by atoms with Crippen LogP contribution in [0.4, 0.5) is 0 Å². The third-order valence-corrected chi connectivity index (χ3v) is 6.81. The molecule has 6 rings (SSSR count). The Kier molecular flexibility index (Phi) is 2.82. The van der Waals surface area contributed by atoms with Crippen LogP contribution >= 0.6 is 0 Å². The standard InChI is InChI=1S/C20H24N2O/c1-21-9-4-15-2-3-16(12-18(15)21)19(23)13-17-14-5-10-22(11-6-14)20(17)7-8-20/h2-4,9,12,14,17H,5-8,10-11,13H2,1H3/t17-/m1/s1. The summed E-state index contributed by atoms with van der Waals surface area (Å²) >= 11 is 0. The van der Waals surface area contributed by atoms with Crippen LogP contribution in [0.25, 0.3) is 10.9 Å². The Morgan fingerprint density at radius 2 is 2.00 bits per heavy atom. The largest absolute Gasteiger partial charge is 0.351 e. The van der Waals surface area contributed by atoms with E-state index in [1.165, 1.54) is 44.2 Å². The highest BCUT2D eigenvalue weighted by Crippen LogP contribution is 2.58. The molecule has 1 aromatic heterocycles. The second kappa shape index (κ2) is 4.70. The molecule has 4 fully saturated rings. The molecule has 1 saturated carbocycles. The lowest BCUT2D eigenvalue weighted by Crippen LogP contribution is -2.57. The molecule has 4 aliphatic rings. The van der Waals surface area contributed by atoms with E-state index in [1.54, 1.807) is 0 Å². The molecule has 0 radical (unpaired) electrons. The van der Waals surface area contributed by atoms with E-state index >= 15 is 0 Å². The number of carbonyl (C=O) groups is 1. The summed E-state index contributed by atoms with van der Waals surface area (Å²) in [6.45, 7) is 2.54. The number of rotatable bonds is 3. The van der Waals surface area contributed by atoms with E-state index in [9.17, 15) is 4.79 Å². The van der Waals surface area contributed by atoms with E-state index in [1.807, 2.05) is 13.1 Å². The van der Waals surface area contributed by atoms with E-state index in [0.29, 0.717) is 17.2 Å². The summed E-state index contributed by atoms with van der Waals surface area (Å²) in [4.78, 5) is 15.7. The molecule has 1 aromatic carbocycles. The molecule has 3 heteroatoms. The number of hydrogen-bond donors (Lipinski definition) is 0. The molecule has 1 spiro atoms. The van der Waals surface area contributed by atoms with Crippen LogP contribution in [0.3, 0.4) is 0 Å². The molecule has 3 nitrogen and oxygen atoms in total. The number of fused-ring (bicyclic) bond motifs is 3. The van der Waals surface area contributed by atoms with Gasteiger partial charge in [0.05, 0.1) is 0 Å². The normalized spacial score (nSPS) is 30.9. The maximum absolute atomic E-state index is 13.0. The second-order valence-corrected chi connectivity index (χ2v) is 7.86. The molecule has 0 amide bonds. The van der Waals surface area contributed by atoms with Crippen LogP contribution < -0.4 is 0 Å². The molecule has 3 aliphatic heterocycles. The minimum absolute atomic E-state index is 0.345. The molecular weight excluding hydrogens is 284 g/mol. The average Bonchev–Trinajstić information content (AvgIpc) is 3.28. The fourth-order valence-electron chi connectivity index (χ4n) is 5.35. The number of carbonyl (C=O) groups excluding carboxylic acids is 1. The van der Waals surface area contributed by atoms with Crippen molar-refractivity contribution in [1.29, 1.82) is 0 Å². The predicted octanol–water partition coefficient (Wildman–Crippen LogP) is 3.63. The molecule has 4 heterocycles. The Bertz CT molecular complexity index is 778. The summed E-state index contributed by atoms with van der Waals surface area (Å²) in [6, 6.07) is 8.30. The van der Waals surface area contributed by atoms with Gasteiger partial charge in [-0.2, -0.15) is 0 Å². The highest BCUT2D eigenvalue weighted by Gasteiger charge is 2.60. The van der Waals surface area contributed by atoms with Crippen LogP contribution in [-0.4, -0.2) is 33.9 Å². The van der Waals surface area contributed by atoms with Crippen molar-refractivity contribution in [1.82, 2.24) is 9.47 Å². The Morgan fingerprint density at radius 1 is 1.22 bits per heavy atom. The van der Waals surface area contributed by atoms with Gasteiger partial charge in [0.25, 0.3) is 0 Å². The van der Waals surface area contributed by atoms with Gasteiger partial charge in [0.15, 0.2) is 5.78 Å². The number of benzene rings is 1. The second-order valence-electron chi connectivity index (χ2n) is 7.86. The molecular formula is C20H24N2O. The van der Waals surface area contributed by atoms with E-state index in [4.69, 9.17) is 0 Å². The van der Waals surface area contributed by atoms with Crippen molar-refractivity contribution in [3.8, 4) is 0 Å². The minimum atomic E-state index is 0.345. The maximum atomic E-state index is 13.0. The zero-order valence-electron chi connectivity index (χ0n) is 13.8. The van der Waals surface area contributed by atoms with Crippen molar-refractivity contribution in [2.75, 3.05) is 13.1 Å². The van der Waals surface area contributed by atoms with Gasteiger partial charge in [-0.3, -0.25) is 9.69 Å². The van der Waals surface area contributed by atoms with Gasteiger partial charge < -0.3 is 4.57 Å². The van der Waals surface area contributed by atoms with Gasteiger partial charge >= 0.3 is 0 Å². The van der Waals surface area contributed by atoms with Crippen molar-refractivity contribution < 1.29 is 4.79 Å². The lowest BCUT2D eigenvalue weighted by molar-refractivity contribution is -0.0274. The lowest BCUT2D eigenvalue weighted by Gasteiger charge is -2.52. The average molecular weight is 308 g/mol. The Labute approximate surface area is 137 Å². The minimum Gasteiger partial charge on any atom is -0.351 e. The van der Waals surface area contributed by atoms with Gasteiger partial charge in [0.1, 0.15) is 0 Å². The Balaban J connectivity index is 1.43. The molecule has 1 atom stereocenters. The van der Waals surface area contributed by atoms with Gasteiger partial charge in [0, 0.05) is 36.3 Å². The first-order chi connectivity index (χ1) is 11.2. The maximum Gasteiger partial charge on any atom is 0.163 e. The van der Waals surface area contributed by atoms with Crippen LogP contribution in [-0.2, 0) is 7.05 Å². The first-order valence-electron chi connectivity index (χ1n) is 9.01. The van der Waals surface area contributed by atoms with Gasteiger partial charge in [-0.05, 0) is 68.1 Å². The van der Waals surface area contributed by atoms with Crippen molar-refractivity contribution >= 4 is 16.7 Å². The molecule has 3 saturated heterocycles. The summed E-state index contributed by atoms with van der Waals surface area (Å²) in [7, 11) is 2.04. The quantitative estimate of drug-likeness (QED) is 0.809. The molecule has 2 bridgehead atoms. The first kappa shape index (κ1) is 13.8. The van der Waals surface area contributed by atoms with Crippen LogP contribution in [0.5, 0.6) is 0 Å². The first-order valence-corrected chi connectivity index (χ1v) is 9.01. The van der Waals surface area contributed by atoms with Crippen LogP contribution in [0.2, 0.25) is 0 Å². The van der Waals surface area contributed by atoms with Crippen molar-refractivity contribution in [3.63, 3.8) is 0 Å². The summed E-state index contributed by atoms with van der Waals surface area (Å²) in [5.74, 6) is 1.73. The lowest BCUT2D eigenvalue weighted by atomic mass is 9.69. The van der Waals surface area contributed by atoms with Crippen LogP contribution in [0, 0.1) is 11.8 Å². The molecule has 23 heavy (non-hydrogen) atoms. The van der Waals surface area contributed by atoms with Crippen LogP contribution in [0.15, 0.2) is 30.5 Å². The van der Waals surface area contributed by atoms with E-state index < -0.39 is 0 Å². The highest BCUT2D eigenvalue weighted by atomic mass is 16.1. The Morgan fingerprint density at radius 3 is 2.74 bits per heavy atom. The molecule has 0 unspecified atom stereocenters. The van der Waals surface area contributed by atoms with Gasteiger partial charge in [-0.25, -0.2) is 0 Å². The smallest absolute Gasteiger partial charge is 0.163 e. The summed E-state index contributed by atoms with van der Waals surface area (Å²) < 4.78 is 2.10. The number of ketones is 1. The monoisotopic (exact) mass is 308 g/mol. The fourth-order valence-corrected chi connectivity index (χ4v) is 5.35. The van der Waals surface area contributed by atoms with Crippen LogP contribution in [0.1, 0.15) is 42.5 Å². The van der Waals surface area contributed by atoms with Crippen molar-refractivity contribution in [2.45, 2.75) is 37.6 Å². The number of aromatic nitrogens is 1. The molecule has 1 aliphatic carbocycles. The van der Waals surface area contributed by atoms with Crippen molar-refractivity contribution in [2.24, 2.45) is 18.9 Å². The van der Waals surface area contributed by atoms with E-state index in [-0.39, 0.29) is 0 Å². The Hall–Kier alpha value is -1.61. The topological polar surface area (TPSA) is 25.2 Å². The zero-order chi connectivity index (χ0) is 15.6. The van der Waals surface area contributed by atoms with E-state index in [2.05, 4.69) is 33.9 Å². The van der Waals surface area contributed by atoms with E-state index in [0.717, 1.165) is 23.4 Å². The molecule has 120 valence electrons. The predicted molar refractivity (Wildman–Crippen MR) is 91.6 cm³/mol. The number of Topliss-reactive ketones (excluding diaryl/α,β-unsaturated/α-hetero) is 1. The fraction of sp³-hybridized carbons (Fsp3) is 0.550. The van der Waals surface area contributed by atoms with Crippen molar-refractivity contribution in [3.05, 3.63) is 36.0 Å². The number of aryl methyl sites for hydroxylation is 1. The van der Waals surface area contributed by atoms with Gasteiger partial charge in [0.2, 0.25) is 0 Å². The molecule has 0 N–H and O–H groups in total. The summed E-state index contributed by atoms with van der Waals surface area (Å²) in [5, 5.41) is 1.21. The third-order valence-electron chi connectivity index (χ3n) is 6.81. The SMILES string of the molecule is Cn1ccc2ccc(C(=O)C[C@@H]3C4CCN(CC4)C34CC4)cc21. The number of nitrogens with zero attached hydrogens (tertiary/aromatic N) is 2. The van der Waals surface area contributed by atoms with Gasteiger partial charge in [-0.15, -0.1) is 0 Å². The molecule has 2 aromatic rings. The summed E-state index contributed by atoms with van der Waals surface area (Å²) in [5.41, 5.74) is 2.46. The van der Waals surface area contributed by atoms with Gasteiger partial charge in [-0.1, -0.05) is 12.1 Å². The highest BCUT2D eigenvalue weighted by molar-refractivity contribution is 5.99. The number of hydrogen-bond acceptors (Lipinski definition) is 2. The third kappa shape index (κ3) is 1.96. The number of piperidine rings is 3. The summed E-state index contributed by atoms with van der Waals surface area (Å²) in [6.07, 6.45) is 8.05.